The van der Waals surface area contributed by atoms with Crippen LogP contribution in [0.5, 0.6) is 0 Å². The Labute approximate surface area is 133 Å². The van der Waals surface area contributed by atoms with Crippen molar-refractivity contribution in [2.45, 2.75) is 23.3 Å². The molecule has 7 heteroatoms. The van der Waals surface area contributed by atoms with E-state index < -0.39 is 17.4 Å². The molecule has 0 spiro atoms. The first-order chi connectivity index (χ1) is 10.5. The van der Waals surface area contributed by atoms with Gasteiger partial charge in [0.15, 0.2) is 0 Å². The Morgan fingerprint density at radius 3 is 2.64 bits per heavy atom. The fourth-order valence-electron chi connectivity index (χ4n) is 2.18. The minimum atomic E-state index is -0.995. The molecule has 0 atom stereocenters. The Kier molecular flexibility index (Phi) is 5.82. The third kappa shape index (κ3) is 4.46. The second kappa shape index (κ2) is 7.62. The molecule has 6 nitrogen and oxygen atoms in total. The lowest BCUT2D eigenvalue weighted by Gasteiger charge is -2.31. The number of aliphatic hydroxyl groups is 1. The average molecular weight is 324 g/mol. The molecule has 1 saturated heterocycles. The van der Waals surface area contributed by atoms with E-state index in [1.54, 1.807) is 12.1 Å². The van der Waals surface area contributed by atoms with Gasteiger partial charge in [-0.25, -0.2) is 0 Å². The van der Waals surface area contributed by atoms with Crippen molar-refractivity contribution < 1.29 is 19.4 Å². The maximum atomic E-state index is 11.9. The molecule has 0 unspecified atom stereocenters. The lowest BCUT2D eigenvalue weighted by Crippen LogP contribution is -2.48. The fourth-order valence-corrected chi connectivity index (χ4v) is 2.73. The van der Waals surface area contributed by atoms with Gasteiger partial charge in [0.25, 0.3) is 0 Å². The van der Waals surface area contributed by atoms with E-state index in [9.17, 15) is 14.7 Å². The summed E-state index contributed by atoms with van der Waals surface area (Å²) in [5, 5.41) is 15.3. The van der Waals surface area contributed by atoms with Gasteiger partial charge in [-0.05, 0) is 18.4 Å². The second-order valence-corrected chi connectivity index (χ2v) is 6.02. The van der Waals surface area contributed by atoms with Crippen molar-refractivity contribution in [3.05, 3.63) is 24.3 Å². The number of carbonyl (C=O) groups is 2. The Morgan fingerprint density at radius 1 is 1.27 bits per heavy atom. The summed E-state index contributed by atoms with van der Waals surface area (Å²) in [5.74, 6) is -1.49. The zero-order valence-corrected chi connectivity index (χ0v) is 13.2. The second-order valence-electron chi connectivity index (χ2n) is 5.17. The molecule has 1 aliphatic rings. The van der Waals surface area contributed by atoms with Gasteiger partial charge >= 0.3 is 11.8 Å². The molecule has 0 radical (unpaired) electrons. The maximum Gasteiger partial charge on any atom is 0.313 e. The van der Waals surface area contributed by atoms with E-state index in [1.807, 2.05) is 18.4 Å². The van der Waals surface area contributed by atoms with E-state index in [2.05, 4.69) is 10.6 Å². The maximum absolute atomic E-state index is 11.9. The topological polar surface area (TPSA) is 87.7 Å². The van der Waals surface area contributed by atoms with Crippen LogP contribution in [0, 0.1) is 0 Å². The average Bonchev–Trinajstić information content (AvgIpc) is 2.54. The van der Waals surface area contributed by atoms with Crippen LogP contribution >= 0.6 is 11.8 Å². The highest BCUT2D eigenvalue weighted by molar-refractivity contribution is 7.98. The predicted molar refractivity (Wildman–Crippen MR) is 84.9 cm³/mol. The summed E-state index contributed by atoms with van der Waals surface area (Å²) in [6.07, 6.45) is 2.79. The summed E-state index contributed by atoms with van der Waals surface area (Å²) in [6, 6.07) is 7.26. The Hall–Kier alpha value is -1.57. The smallest absolute Gasteiger partial charge is 0.313 e. The van der Waals surface area contributed by atoms with Crippen LogP contribution in [0.3, 0.4) is 0 Å². The standard InChI is InChI=1S/C15H20N2O4S/c1-22-12-5-3-2-4-11(12)17-14(19)13(18)16-10-15(20)6-8-21-9-7-15/h2-5,20H,6-10H2,1H3,(H,16,18)(H,17,19). The minimum absolute atomic E-state index is 0.0484. The molecule has 3 N–H and O–H groups in total. The molecule has 1 heterocycles. The van der Waals surface area contributed by atoms with Gasteiger partial charge < -0.3 is 20.5 Å². The zero-order valence-electron chi connectivity index (χ0n) is 12.4. The van der Waals surface area contributed by atoms with E-state index in [0.717, 1.165) is 4.90 Å². The van der Waals surface area contributed by atoms with Crippen molar-refractivity contribution in [2.24, 2.45) is 0 Å². The van der Waals surface area contributed by atoms with Gasteiger partial charge in [-0.1, -0.05) is 12.1 Å². The number of nitrogens with one attached hydrogen (secondary N) is 2. The third-order valence-electron chi connectivity index (χ3n) is 3.56. The van der Waals surface area contributed by atoms with E-state index >= 15 is 0 Å². The molecule has 0 bridgehead atoms. The molecule has 1 aromatic rings. The Balaban J connectivity index is 1.88. The van der Waals surface area contributed by atoms with Gasteiger partial charge in [0.05, 0.1) is 11.3 Å². The van der Waals surface area contributed by atoms with Crippen LogP contribution in [0.4, 0.5) is 5.69 Å². The first-order valence-electron chi connectivity index (χ1n) is 7.06. The number of anilines is 1. The van der Waals surface area contributed by atoms with E-state index in [0.29, 0.717) is 31.7 Å². The largest absolute Gasteiger partial charge is 0.388 e. The highest BCUT2D eigenvalue weighted by Gasteiger charge is 2.31. The van der Waals surface area contributed by atoms with Crippen LogP contribution in [0.1, 0.15) is 12.8 Å². The molecule has 0 aromatic heterocycles. The molecular formula is C15H20N2O4S. The molecule has 0 aliphatic carbocycles. The van der Waals surface area contributed by atoms with Crippen LogP contribution in [-0.4, -0.2) is 48.5 Å². The third-order valence-corrected chi connectivity index (χ3v) is 4.36. The van der Waals surface area contributed by atoms with Gasteiger partial charge in [-0.2, -0.15) is 0 Å². The van der Waals surface area contributed by atoms with Gasteiger partial charge in [0.2, 0.25) is 0 Å². The van der Waals surface area contributed by atoms with E-state index in [4.69, 9.17) is 4.74 Å². The number of benzene rings is 1. The zero-order chi connectivity index (χ0) is 16.0. The summed E-state index contributed by atoms with van der Waals surface area (Å²) in [4.78, 5) is 24.7. The number of para-hydroxylation sites is 1. The molecule has 0 saturated carbocycles. The summed E-state index contributed by atoms with van der Waals surface area (Å²) in [6.45, 7) is 0.964. The molecule has 2 amide bonds. The van der Waals surface area contributed by atoms with Crippen LogP contribution in [-0.2, 0) is 14.3 Å². The highest BCUT2D eigenvalue weighted by atomic mass is 32.2. The fraction of sp³-hybridized carbons (Fsp3) is 0.467. The lowest BCUT2D eigenvalue weighted by molar-refractivity contribution is -0.137. The summed E-state index contributed by atoms with van der Waals surface area (Å²) in [5.41, 5.74) is -0.398. The number of hydrogen-bond donors (Lipinski definition) is 3. The van der Waals surface area contributed by atoms with Crippen molar-refractivity contribution in [1.29, 1.82) is 0 Å². The Morgan fingerprint density at radius 2 is 1.95 bits per heavy atom. The minimum Gasteiger partial charge on any atom is -0.388 e. The number of ether oxygens (including phenoxy) is 1. The molecular weight excluding hydrogens is 304 g/mol. The van der Waals surface area contributed by atoms with Crippen molar-refractivity contribution in [3.8, 4) is 0 Å². The molecule has 120 valence electrons. The quantitative estimate of drug-likeness (QED) is 0.568. The molecule has 1 fully saturated rings. The number of rotatable bonds is 4. The normalized spacial score (nSPS) is 16.8. The van der Waals surface area contributed by atoms with Crippen molar-refractivity contribution >= 4 is 29.3 Å². The van der Waals surface area contributed by atoms with Gasteiger partial charge in [-0.3, -0.25) is 9.59 Å². The summed E-state index contributed by atoms with van der Waals surface area (Å²) in [7, 11) is 0. The number of thioether (sulfide) groups is 1. The highest BCUT2D eigenvalue weighted by Crippen LogP contribution is 2.24. The van der Waals surface area contributed by atoms with Crippen LogP contribution in [0.2, 0.25) is 0 Å². The molecule has 22 heavy (non-hydrogen) atoms. The monoisotopic (exact) mass is 324 g/mol. The number of amides is 2. The van der Waals surface area contributed by atoms with E-state index in [-0.39, 0.29) is 6.54 Å². The summed E-state index contributed by atoms with van der Waals surface area (Å²) >= 11 is 1.48. The van der Waals surface area contributed by atoms with Gasteiger partial charge in [0.1, 0.15) is 0 Å². The lowest BCUT2D eigenvalue weighted by atomic mass is 9.94. The SMILES string of the molecule is CSc1ccccc1NC(=O)C(=O)NCC1(O)CCOCC1. The van der Waals surface area contributed by atoms with Crippen molar-refractivity contribution in [3.63, 3.8) is 0 Å². The van der Waals surface area contributed by atoms with E-state index in [1.165, 1.54) is 11.8 Å². The van der Waals surface area contributed by atoms with Crippen molar-refractivity contribution in [2.75, 3.05) is 31.3 Å². The number of hydrogen-bond acceptors (Lipinski definition) is 5. The summed E-state index contributed by atoms with van der Waals surface area (Å²) < 4.78 is 5.17. The van der Waals surface area contributed by atoms with Crippen molar-refractivity contribution in [1.82, 2.24) is 5.32 Å². The molecule has 1 aromatic carbocycles. The number of carbonyl (C=O) groups excluding carboxylic acids is 2. The van der Waals surface area contributed by atoms with Gasteiger partial charge in [0, 0.05) is 37.5 Å². The van der Waals surface area contributed by atoms with Crippen LogP contribution in [0.15, 0.2) is 29.2 Å². The molecule has 1 aliphatic heterocycles. The predicted octanol–water partition coefficient (Wildman–Crippen LogP) is 1.00. The van der Waals surface area contributed by atoms with Crippen LogP contribution < -0.4 is 10.6 Å². The van der Waals surface area contributed by atoms with Crippen LogP contribution in [0.25, 0.3) is 0 Å². The first kappa shape index (κ1) is 16.8. The van der Waals surface area contributed by atoms with Gasteiger partial charge in [-0.15, -0.1) is 11.8 Å². The molecule has 2 rings (SSSR count). The first-order valence-corrected chi connectivity index (χ1v) is 8.29. The Bertz CT molecular complexity index is 544.